The van der Waals surface area contributed by atoms with Gasteiger partial charge in [-0.1, -0.05) is 88.7 Å². The Morgan fingerprint density at radius 1 is 0.788 bits per heavy atom. The number of hydrogen-bond acceptors (Lipinski definition) is 3. The highest BCUT2D eigenvalue weighted by molar-refractivity contribution is 9.10. The summed E-state index contributed by atoms with van der Waals surface area (Å²) in [6.07, 6.45) is 0. The van der Waals surface area contributed by atoms with Crippen molar-refractivity contribution in [3.8, 4) is 17.1 Å². The molecule has 5 rings (SSSR count). The van der Waals surface area contributed by atoms with Crippen LogP contribution in [0.3, 0.4) is 0 Å². The predicted molar refractivity (Wildman–Crippen MR) is 135 cm³/mol. The molecule has 0 aliphatic rings. The van der Waals surface area contributed by atoms with E-state index >= 15 is 0 Å². The molecule has 0 N–H and O–H groups in total. The topological polar surface area (TPSA) is 44.1 Å². The van der Waals surface area contributed by atoms with E-state index in [2.05, 4.69) is 15.9 Å². The molecule has 0 radical (unpaired) electrons. The maximum atomic E-state index is 13.5. The van der Waals surface area contributed by atoms with E-state index in [1.807, 2.05) is 103 Å². The number of rotatable bonds is 6. The summed E-state index contributed by atoms with van der Waals surface area (Å²) in [6.45, 7) is 0.903. The standard InChI is InChI=1S/C28H21BrN2O2/c29-23-14-15-26-25(17-23)28(32)31(18-20-8-3-1-4-9-20)27(30-26)22-12-7-13-24(16-22)33-19-21-10-5-2-6-11-21/h1-17H,18-19H2. The van der Waals surface area contributed by atoms with Gasteiger partial charge in [-0.25, -0.2) is 4.98 Å². The molecule has 1 aromatic heterocycles. The van der Waals surface area contributed by atoms with Crippen molar-refractivity contribution in [3.63, 3.8) is 0 Å². The van der Waals surface area contributed by atoms with Crippen LogP contribution >= 0.6 is 15.9 Å². The summed E-state index contributed by atoms with van der Waals surface area (Å²) in [5.41, 5.74) is 3.55. The number of benzene rings is 4. The Morgan fingerprint density at radius 2 is 1.52 bits per heavy atom. The van der Waals surface area contributed by atoms with Gasteiger partial charge >= 0.3 is 0 Å². The van der Waals surface area contributed by atoms with Crippen LogP contribution in [0.15, 0.2) is 112 Å². The Hall–Kier alpha value is -3.70. The number of halogens is 1. The van der Waals surface area contributed by atoms with E-state index in [0.717, 1.165) is 26.9 Å². The van der Waals surface area contributed by atoms with Gasteiger partial charge in [0.15, 0.2) is 0 Å². The van der Waals surface area contributed by atoms with Gasteiger partial charge in [0.05, 0.1) is 17.4 Å². The molecule has 0 bridgehead atoms. The number of fused-ring (bicyclic) bond motifs is 1. The van der Waals surface area contributed by atoms with Gasteiger partial charge in [0.1, 0.15) is 18.2 Å². The molecule has 5 heteroatoms. The first-order valence-corrected chi connectivity index (χ1v) is 11.5. The lowest BCUT2D eigenvalue weighted by molar-refractivity contribution is 0.306. The molecule has 0 spiro atoms. The van der Waals surface area contributed by atoms with Gasteiger partial charge in [-0.15, -0.1) is 0 Å². The minimum absolute atomic E-state index is 0.0734. The lowest BCUT2D eigenvalue weighted by atomic mass is 10.1. The van der Waals surface area contributed by atoms with E-state index < -0.39 is 0 Å². The van der Waals surface area contributed by atoms with E-state index in [4.69, 9.17) is 9.72 Å². The number of aromatic nitrogens is 2. The third-order valence-electron chi connectivity index (χ3n) is 5.44. The van der Waals surface area contributed by atoms with Gasteiger partial charge in [-0.3, -0.25) is 9.36 Å². The van der Waals surface area contributed by atoms with Crippen molar-refractivity contribution in [1.29, 1.82) is 0 Å². The third kappa shape index (κ3) is 4.73. The summed E-state index contributed by atoms with van der Waals surface area (Å²) >= 11 is 3.47. The molecule has 0 atom stereocenters. The average Bonchev–Trinajstić information content (AvgIpc) is 2.86. The van der Waals surface area contributed by atoms with Crippen molar-refractivity contribution in [1.82, 2.24) is 9.55 Å². The smallest absolute Gasteiger partial charge is 0.262 e. The van der Waals surface area contributed by atoms with Crippen molar-refractivity contribution >= 4 is 26.8 Å². The molecule has 0 fully saturated rings. The van der Waals surface area contributed by atoms with E-state index in [1.54, 1.807) is 4.57 Å². The van der Waals surface area contributed by atoms with Gasteiger partial charge < -0.3 is 4.74 Å². The second-order valence-electron chi connectivity index (χ2n) is 7.78. The zero-order chi connectivity index (χ0) is 22.6. The highest BCUT2D eigenvalue weighted by Crippen LogP contribution is 2.25. The summed E-state index contributed by atoms with van der Waals surface area (Å²) in [5, 5.41) is 0.584. The van der Waals surface area contributed by atoms with Crippen LogP contribution in [-0.4, -0.2) is 9.55 Å². The molecule has 162 valence electrons. The fourth-order valence-corrected chi connectivity index (χ4v) is 4.15. The molecule has 0 saturated carbocycles. The lowest BCUT2D eigenvalue weighted by Gasteiger charge is -2.15. The Balaban J connectivity index is 1.58. The molecule has 33 heavy (non-hydrogen) atoms. The first-order chi connectivity index (χ1) is 16.2. The van der Waals surface area contributed by atoms with Crippen LogP contribution in [0.2, 0.25) is 0 Å². The van der Waals surface area contributed by atoms with Gasteiger partial charge in [-0.2, -0.15) is 0 Å². The monoisotopic (exact) mass is 496 g/mol. The Morgan fingerprint density at radius 3 is 2.27 bits per heavy atom. The van der Waals surface area contributed by atoms with E-state index in [1.165, 1.54) is 0 Å². The number of ether oxygens (including phenoxy) is 1. The Bertz CT molecular complexity index is 1460. The quantitative estimate of drug-likeness (QED) is 0.271. The molecule has 4 aromatic carbocycles. The number of nitrogens with zero attached hydrogens (tertiary/aromatic N) is 2. The molecular formula is C28H21BrN2O2. The first-order valence-electron chi connectivity index (χ1n) is 10.7. The van der Waals surface area contributed by atoms with E-state index in [9.17, 15) is 4.79 Å². The molecule has 0 unspecified atom stereocenters. The summed E-state index contributed by atoms with van der Waals surface area (Å²) in [4.78, 5) is 18.4. The molecule has 4 nitrogen and oxygen atoms in total. The molecular weight excluding hydrogens is 476 g/mol. The molecule has 0 aliphatic carbocycles. The van der Waals surface area contributed by atoms with Crippen molar-refractivity contribution < 1.29 is 4.74 Å². The molecule has 0 amide bonds. The van der Waals surface area contributed by atoms with Crippen LogP contribution in [0.25, 0.3) is 22.3 Å². The largest absolute Gasteiger partial charge is 0.489 e. The van der Waals surface area contributed by atoms with Crippen molar-refractivity contribution in [2.24, 2.45) is 0 Å². The maximum absolute atomic E-state index is 13.5. The van der Waals surface area contributed by atoms with Crippen LogP contribution < -0.4 is 10.3 Å². The van der Waals surface area contributed by atoms with Crippen LogP contribution in [0.4, 0.5) is 0 Å². The highest BCUT2D eigenvalue weighted by Gasteiger charge is 2.14. The molecule has 0 saturated heterocycles. The molecule has 5 aromatic rings. The molecule has 0 aliphatic heterocycles. The summed E-state index contributed by atoms with van der Waals surface area (Å²) in [7, 11) is 0. The van der Waals surface area contributed by atoms with Crippen molar-refractivity contribution in [2.75, 3.05) is 0 Å². The van der Waals surface area contributed by atoms with Crippen LogP contribution in [0.1, 0.15) is 11.1 Å². The first kappa shape index (κ1) is 21.2. The normalized spacial score (nSPS) is 10.9. The Labute approximate surface area is 200 Å². The van der Waals surface area contributed by atoms with Crippen LogP contribution in [-0.2, 0) is 13.2 Å². The van der Waals surface area contributed by atoms with Gasteiger partial charge in [0.25, 0.3) is 5.56 Å². The van der Waals surface area contributed by atoms with Crippen molar-refractivity contribution in [3.05, 3.63) is 129 Å². The maximum Gasteiger partial charge on any atom is 0.262 e. The fraction of sp³-hybridized carbons (Fsp3) is 0.0714. The zero-order valence-corrected chi connectivity index (χ0v) is 19.4. The second kappa shape index (κ2) is 9.43. The number of hydrogen-bond donors (Lipinski definition) is 0. The third-order valence-corrected chi connectivity index (χ3v) is 5.93. The average molecular weight is 497 g/mol. The Kier molecular flexibility index (Phi) is 6.05. The lowest BCUT2D eigenvalue weighted by Crippen LogP contribution is -2.24. The van der Waals surface area contributed by atoms with Gasteiger partial charge in [0.2, 0.25) is 0 Å². The highest BCUT2D eigenvalue weighted by atomic mass is 79.9. The van der Waals surface area contributed by atoms with Crippen molar-refractivity contribution in [2.45, 2.75) is 13.2 Å². The molecule has 1 heterocycles. The SMILES string of the molecule is O=c1c2cc(Br)ccc2nc(-c2cccc(OCc3ccccc3)c2)n1Cc1ccccc1. The summed E-state index contributed by atoms with van der Waals surface area (Å²) in [5.74, 6) is 1.34. The van der Waals surface area contributed by atoms with E-state index in [0.29, 0.717) is 29.9 Å². The van der Waals surface area contributed by atoms with Gasteiger partial charge in [-0.05, 0) is 41.5 Å². The fourth-order valence-electron chi connectivity index (χ4n) is 3.79. The summed E-state index contributed by atoms with van der Waals surface area (Å²) < 4.78 is 8.61. The zero-order valence-electron chi connectivity index (χ0n) is 17.8. The summed E-state index contributed by atoms with van der Waals surface area (Å²) in [6, 6.07) is 33.3. The minimum atomic E-state index is -0.0734. The van der Waals surface area contributed by atoms with E-state index in [-0.39, 0.29) is 5.56 Å². The minimum Gasteiger partial charge on any atom is -0.489 e. The van der Waals surface area contributed by atoms with Crippen LogP contribution in [0, 0.1) is 0 Å². The second-order valence-corrected chi connectivity index (χ2v) is 8.69. The predicted octanol–water partition coefficient (Wildman–Crippen LogP) is 6.45. The van der Waals surface area contributed by atoms with Gasteiger partial charge in [0, 0.05) is 10.0 Å². The van der Waals surface area contributed by atoms with Crippen LogP contribution in [0.5, 0.6) is 5.75 Å².